The fourth-order valence-electron chi connectivity index (χ4n) is 8.12. The van der Waals surface area contributed by atoms with Gasteiger partial charge in [0.1, 0.15) is 24.4 Å². The third-order valence-corrected chi connectivity index (χ3v) is 10.7. The predicted octanol–water partition coefficient (Wildman–Crippen LogP) is 6.23. The van der Waals surface area contributed by atoms with E-state index in [1.54, 1.807) is 60.7 Å². The van der Waals surface area contributed by atoms with Crippen LogP contribution >= 0.6 is 0 Å². The molecular formula is C42H42O10. The van der Waals surface area contributed by atoms with Gasteiger partial charge in [-0.25, -0.2) is 9.59 Å². The maximum Gasteiger partial charge on any atom is 0.338 e. The maximum atomic E-state index is 13.5. The fourth-order valence-corrected chi connectivity index (χ4v) is 8.12. The van der Waals surface area contributed by atoms with Gasteiger partial charge < -0.3 is 38.6 Å². The van der Waals surface area contributed by atoms with Crippen LogP contribution in [-0.2, 0) is 28.4 Å². The Morgan fingerprint density at radius 1 is 0.519 bits per heavy atom. The summed E-state index contributed by atoms with van der Waals surface area (Å²) in [6, 6.07) is 36.4. The first-order chi connectivity index (χ1) is 25.4. The summed E-state index contributed by atoms with van der Waals surface area (Å²) in [6.45, 7) is 0. The third kappa shape index (κ3) is 6.44. The highest BCUT2D eigenvalue weighted by Gasteiger charge is 2.70. The molecule has 3 saturated heterocycles. The monoisotopic (exact) mass is 706 g/mol. The van der Waals surface area contributed by atoms with E-state index in [4.69, 9.17) is 28.4 Å². The van der Waals surface area contributed by atoms with Crippen molar-refractivity contribution in [2.75, 3.05) is 0 Å². The zero-order valence-electron chi connectivity index (χ0n) is 28.6. The van der Waals surface area contributed by atoms with E-state index in [1.807, 2.05) is 60.7 Å². The fraction of sp³-hybridized carbons (Fsp3) is 0.381. The van der Waals surface area contributed by atoms with E-state index in [1.165, 1.54) is 0 Å². The van der Waals surface area contributed by atoms with Gasteiger partial charge in [0.15, 0.2) is 12.2 Å². The number of ether oxygens (including phenoxy) is 6. The number of carbonyl (C=O) groups is 2. The quantitative estimate of drug-likeness (QED) is 0.223. The molecule has 0 unspecified atom stereocenters. The van der Waals surface area contributed by atoms with Crippen molar-refractivity contribution >= 4 is 11.9 Å². The molecule has 8 rings (SSSR count). The molecule has 4 aliphatic rings. The van der Waals surface area contributed by atoms with Crippen LogP contribution < -0.4 is 0 Å². The molecule has 0 radical (unpaired) electrons. The summed E-state index contributed by atoms with van der Waals surface area (Å²) >= 11 is 0. The number of rotatable bonds is 6. The Balaban J connectivity index is 1.22. The zero-order valence-corrected chi connectivity index (χ0v) is 28.6. The van der Waals surface area contributed by atoms with Gasteiger partial charge in [-0.1, -0.05) is 97.1 Å². The van der Waals surface area contributed by atoms with E-state index in [0.717, 1.165) is 11.1 Å². The predicted molar refractivity (Wildman–Crippen MR) is 187 cm³/mol. The molecule has 270 valence electrons. The number of carbonyl (C=O) groups excluding carboxylic acids is 2. The lowest BCUT2D eigenvalue weighted by Gasteiger charge is -2.62. The van der Waals surface area contributed by atoms with Gasteiger partial charge in [-0.15, -0.1) is 0 Å². The first-order valence-corrected chi connectivity index (χ1v) is 18.1. The minimum Gasteiger partial charge on any atom is -0.453 e. The highest BCUT2D eigenvalue weighted by Crippen LogP contribution is 2.57. The second-order valence-corrected chi connectivity index (χ2v) is 13.9. The van der Waals surface area contributed by atoms with Gasteiger partial charge in [-0.3, -0.25) is 0 Å². The topological polar surface area (TPSA) is 130 Å². The standard InChI is InChI=1S/C42H42O10/c43-33-34(44)36(48-40(46)30-21-11-4-12-22-30)38-37(35(33)47-39(45)29-19-9-3-10-20-29)51-41(25-13-23-31(49-41)27-15-5-1-6-16-27)42(52-38)26-14-24-32(50-42)28-17-7-2-8-18-28/h1-12,15-22,31-38,43-44H,13-14,23-26H2/t31-,32-,33+,34+,35-,36+,37+,38+,41-,42-/m1/s1. The molecule has 1 saturated carbocycles. The summed E-state index contributed by atoms with van der Waals surface area (Å²) in [5.74, 6) is -4.52. The molecular weight excluding hydrogens is 664 g/mol. The number of hydrogen-bond donors (Lipinski definition) is 2. The number of esters is 2. The maximum absolute atomic E-state index is 13.5. The van der Waals surface area contributed by atoms with Gasteiger partial charge >= 0.3 is 11.9 Å². The Bertz CT molecular complexity index is 1690. The largest absolute Gasteiger partial charge is 0.453 e. The molecule has 4 aromatic rings. The van der Waals surface area contributed by atoms with Crippen LogP contribution in [0.3, 0.4) is 0 Å². The third-order valence-electron chi connectivity index (χ3n) is 10.7. The van der Waals surface area contributed by atoms with Crippen molar-refractivity contribution in [3.63, 3.8) is 0 Å². The van der Waals surface area contributed by atoms with Crippen LogP contribution in [0, 0.1) is 0 Å². The van der Waals surface area contributed by atoms with E-state index < -0.39 is 60.1 Å². The zero-order chi connectivity index (χ0) is 35.7. The van der Waals surface area contributed by atoms with Crippen LogP contribution in [0.4, 0.5) is 0 Å². The van der Waals surface area contributed by atoms with Crippen molar-refractivity contribution < 1.29 is 48.2 Å². The van der Waals surface area contributed by atoms with Crippen LogP contribution in [0.1, 0.15) is 82.6 Å². The number of aliphatic hydroxyl groups excluding tert-OH is 2. The molecule has 10 heteroatoms. The van der Waals surface area contributed by atoms with Crippen molar-refractivity contribution in [3.05, 3.63) is 144 Å². The summed E-state index contributed by atoms with van der Waals surface area (Å²) in [5.41, 5.74) is 2.42. The molecule has 10 nitrogen and oxygen atoms in total. The second-order valence-electron chi connectivity index (χ2n) is 13.9. The molecule has 0 aromatic heterocycles. The number of aliphatic hydroxyl groups is 2. The van der Waals surface area contributed by atoms with Crippen molar-refractivity contribution in [1.82, 2.24) is 0 Å². The summed E-state index contributed by atoms with van der Waals surface area (Å²) in [6.07, 6.45) is -5.98. The minimum atomic E-state index is -1.71. The lowest BCUT2D eigenvalue weighted by atomic mass is 9.79. The first-order valence-electron chi connectivity index (χ1n) is 18.1. The van der Waals surface area contributed by atoms with Gasteiger partial charge in [-0.05, 0) is 61.1 Å². The van der Waals surface area contributed by atoms with Gasteiger partial charge in [0.25, 0.3) is 0 Å². The van der Waals surface area contributed by atoms with Crippen molar-refractivity contribution in [2.24, 2.45) is 0 Å². The Hall–Kier alpha value is -4.42. The number of fused-ring (bicyclic) bond motifs is 2. The van der Waals surface area contributed by atoms with E-state index in [9.17, 15) is 19.8 Å². The van der Waals surface area contributed by atoms with Crippen LogP contribution in [-0.4, -0.2) is 70.3 Å². The summed E-state index contributed by atoms with van der Waals surface area (Å²) in [4.78, 5) is 27.1. The molecule has 1 aliphatic carbocycles. The van der Waals surface area contributed by atoms with Crippen LogP contribution in [0.2, 0.25) is 0 Å². The average molecular weight is 707 g/mol. The Morgan fingerprint density at radius 3 is 1.23 bits per heavy atom. The highest BCUT2D eigenvalue weighted by atomic mass is 16.8. The van der Waals surface area contributed by atoms with Crippen molar-refractivity contribution in [1.29, 1.82) is 0 Å². The minimum absolute atomic E-state index is 0.251. The van der Waals surface area contributed by atoms with Gasteiger partial charge in [-0.2, -0.15) is 0 Å². The smallest absolute Gasteiger partial charge is 0.338 e. The normalized spacial score (nSPS) is 34.3. The highest BCUT2D eigenvalue weighted by molar-refractivity contribution is 5.90. The lowest BCUT2D eigenvalue weighted by Crippen LogP contribution is -2.77. The molecule has 0 amide bonds. The molecule has 2 N–H and O–H groups in total. The van der Waals surface area contributed by atoms with Crippen LogP contribution in [0.5, 0.6) is 0 Å². The molecule has 0 bridgehead atoms. The Kier molecular flexibility index (Phi) is 9.69. The molecule has 52 heavy (non-hydrogen) atoms. The number of benzene rings is 4. The molecule has 4 fully saturated rings. The first kappa shape index (κ1) is 34.7. The van der Waals surface area contributed by atoms with E-state index >= 15 is 0 Å². The Morgan fingerprint density at radius 2 is 0.865 bits per heavy atom. The van der Waals surface area contributed by atoms with Crippen molar-refractivity contribution in [3.8, 4) is 0 Å². The summed E-state index contributed by atoms with van der Waals surface area (Å²) in [5, 5.41) is 23.4. The van der Waals surface area contributed by atoms with E-state index in [0.29, 0.717) is 38.5 Å². The average Bonchev–Trinajstić information content (AvgIpc) is 3.20. The van der Waals surface area contributed by atoms with Gasteiger partial charge in [0, 0.05) is 12.8 Å². The van der Waals surface area contributed by atoms with E-state index in [-0.39, 0.29) is 23.3 Å². The SMILES string of the molecule is O=C(O[C@@H]1[C@@H](O)[C@H](O)[C@H](OC(=O)c2ccccc2)[C@@H]2O[C@]3(CCC[C@H](c4ccccc4)O3)[C@@]3(CCC[C@H](c4ccccc4)O3)O[C@H]21)c1ccccc1. The van der Waals surface area contributed by atoms with Crippen molar-refractivity contribution in [2.45, 2.75) is 98.9 Å². The molecule has 2 spiro atoms. The van der Waals surface area contributed by atoms with Crippen LogP contribution in [0.25, 0.3) is 0 Å². The van der Waals surface area contributed by atoms with Gasteiger partial charge in [0.2, 0.25) is 11.6 Å². The van der Waals surface area contributed by atoms with E-state index in [2.05, 4.69) is 0 Å². The molecule has 3 aliphatic heterocycles. The number of hydrogen-bond acceptors (Lipinski definition) is 10. The Labute approximate surface area is 302 Å². The molecule has 4 aromatic carbocycles. The molecule has 3 heterocycles. The molecule has 10 atom stereocenters. The summed E-state index contributed by atoms with van der Waals surface area (Å²) < 4.78 is 40.3. The lowest BCUT2D eigenvalue weighted by molar-refractivity contribution is -0.511. The van der Waals surface area contributed by atoms with Gasteiger partial charge in [0.05, 0.1) is 23.3 Å². The summed E-state index contributed by atoms with van der Waals surface area (Å²) in [7, 11) is 0. The second kappa shape index (κ2) is 14.5. The van der Waals surface area contributed by atoms with Crippen LogP contribution in [0.15, 0.2) is 121 Å².